The maximum atomic E-state index is 12.5. The van der Waals surface area contributed by atoms with E-state index >= 15 is 0 Å². The summed E-state index contributed by atoms with van der Waals surface area (Å²) < 4.78 is 0. The molecule has 120 valence electrons. The van der Waals surface area contributed by atoms with Crippen molar-refractivity contribution in [2.75, 3.05) is 11.4 Å². The van der Waals surface area contributed by atoms with Gasteiger partial charge in [0.05, 0.1) is 12.2 Å². The number of carbonyl (C=O) groups excluding carboxylic acids is 2. The van der Waals surface area contributed by atoms with E-state index in [1.807, 2.05) is 19.9 Å². The number of anilines is 1. The predicted octanol–water partition coefficient (Wildman–Crippen LogP) is 4.85. The molecule has 1 amide bonds. The van der Waals surface area contributed by atoms with E-state index in [0.717, 1.165) is 11.1 Å². The minimum atomic E-state index is -0.208. The highest BCUT2D eigenvalue weighted by Gasteiger charge is 2.21. The van der Waals surface area contributed by atoms with Crippen LogP contribution in [0.25, 0.3) is 0 Å². The normalized spacial score (nSPS) is 10.5. The van der Waals surface area contributed by atoms with Crippen molar-refractivity contribution in [1.82, 2.24) is 0 Å². The van der Waals surface area contributed by atoms with E-state index in [-0.39, 0.29) is 18.2 Å². The number of hydrogen-bond donors (Lipinski definition) is 0. The molecule has 0 unspecified atom stereocenters. The molecule has 0 aliphatic heterocycles. The predicted molar refractivity (Wildman–Crippen MR) is 94.7 cm³/mol. The summed E-state index contributed by atoms with van der Waals surface area (Å²) in [5.74, 6) is -0.364. The number of hydrogen-bond acceptors (Lipinski definition) is 2. The third-order valence-electron chi connectivity index (χ3n) is 3.68. The summed E-state index contributed by atoms with van der Waals surface area (Å²) in [5, 5.41) is 1.13. The van der Waals surface area contributed by atoms with E-state index in [9.17, 15) is 9.59 Å². The first-order valence-corrected chi connectivity index (χ1v) is 7.89. The summed E-state index contributed by atoms with van der Waals surface area (Å²) in [5.41, 5.74) is 2.88. The van der Waals surface area contributed by atoms with Crippen molar-refractivity contribution >= 4 is 40.6 Å². The Morgan fingerprint density at radius 2 is 1.61 bits per heavy atom. The fourth-order valence-electron chi connectivity index (χ4n) is 2.44. The van der Waals surface area contributed by atoms with Crippen LogP contribution in [0.3, 0.4) is 0 Å². The molecule has 0 saturated heterocycles. The molecule has 0 radical (unpaired) electrons. The SMILES string of the molecule is CC(=O)N(CC(=O)c1ccc(Cl)cc1)c1c(C)ccc(Cl)c1C. The lowest BCUT2D eigenvalue weighted by molar-refractivity contribution is -0.116. The van der Waals surface area contributed by atoms with Crippen molar-refractivity contribution in [2.45, 2.75) is 20.8 Å². The molecular weight excluding hydrogens is 333 g/mol. The first-order valence-electron chi connectivity index (χ1n) is 7.14. The molecule has 0 aromatic heterocycles. The van der Waals surface area contributed by atoms with Crippen LogP contribution in [-0.2, 0) is 4.79 Å². The molecule has 0 spiro atoms. The molecule has 23 heavy (non-hydrogen) atoms. The van der Waals surface area contributed by atoms with Crippen molar-refractivity contribution in [1.29, 1.82) is 0 Å². The fourth-order valence-corrected chi connectivity index (χ4v) is 2.72. The maximum Gasteiger partial charge on any atom is 0.224 e. The van der Waals surface area contributed by atoms with Gasteiger partial charge in [-0.05, 0) is 55.3 Å². The minimum absolute atomic E-state index is 0.0427. The Morgan fingerprint density at radius 3 is 2.17 bits per heavy atom. The van der Waals surface area contributed by atoms with Gasteiger partial charge in [-0.1, -0.05) is 29.3 Å². The highest BCUT2D eigenvalue weighted by atomic mass is 35.5. The smallest absolute Gasteiger partial charge is 0.224 e. The zero-order valence-corrected chi connectivity index (χ0v) is 14.7. The van der Waals surface area contributed by atoms with Crippen molar-refractivity contribution in [3.05, 3.63) is 63.1 Å². The number of ketones is 1. The molecule has 0 saturated carbocycles. The first kappa shape index (κ1) is 17.5. The van der Waals surface area contributed by atoms with E-state index in [1.165, 1.54) is 11.8 Å². The standard InChI is InChI=1S/C18H17Cl2NO2/c1-11-4-9-16(20)12(2)18(11)21(13(3)22)10-17(23)14-5-7-15(19)8-6-14/h4-9H,10H2,1-3H3. The number of Topliss-reactive ketones (excluding diaryl/α,β-unsaturated/α-hetero) is 1. The molecule has 0 aliphatic carbocycles. The van der Waals surface area contributed by atoms with Gasteiger partial charge in [0, 0.05) is 22.5 Å². The van der Waals surface area contributed by atoms with Gasteiger partial charge >= 0.3 is 0 Å². The van der Waals surface area contributed by atoms with Crippen LogP contribution in [0.15, 0.2) is 36.4 Å². The average Bonchev–Trinajstić information content (AvgIpc) is 2.50. The highest BCUT2D eigenvalue weighted by Crippen LogP contribution is 2.30. The molecule has 0 fully saturated rings. The largest absolute Gasteiger partial charge is 0.304 e. The number of carbonyl (C=O) groups is 2. The lowest BCUT2D eigenvalue weighted by Crippen LogP contribution is -2.35. The minimum Gasteiger partial charge on any atom is -0.304 e. The van der Waals surface area contributed by atoms with E-state index in [1.54, 1.807) is 30.3 Å². The zero-order valence-electron chi connectivity index (χ0n) is 13.2. The molecular formula is C18H17Cl2NO2. The van der Waals surface area contributed by atoms with E-state index in [2.05, 4.69) is 0 Å². The number of nitrogens with zero attached hydrogens (tertiary/aromatic N) is 1. The lowest BCUT2D eigenvalue weighted by Gasteiger charge is -2.25. The fraction of sp³-hybridized carbons (Fsp3) is 0.222. The molecule has 0 N–H and O–H groups in total. The van der Waals surface area contributed by atoms with E-state index < -0.39 is 0 Å². The molecule has 0 atom stereocenters. The summed E-state index contributed by atoms with van der Waals surface area (Å²) in [6, 6.07) is 10.2. The van der Waals surface area contributed by atoms with Crippen LogP contribution >= 0.6 is 23.2 Å². The number of aryl methyl sites for hydroxylation is 1. The Labute approximate surface area is 145 Å². The molecule has 2 aromatic rings. The second kappa shape index (κ2) is 7.16. The third-order valence-corrected chi connectivity index (χ3v) is 4.35. The first-order chi connectivity index (χ1) is 10.8. The van der Waals surface area contributed by atoms with Crippen molar-refractivity contribution in [3.8, 4) is 0 Å². The Bertz CT molecular complexity index is 754. The van der Waals surface area contributed by atoms with Crippen molar-refractivity contribution < 1.29 is 9.59 Å². The van der Waals surface area contributed by atoms with Crippen LogP contribution in [0, 0.1) is 13.8 Å². The summed E-state index contributed by atoms with van der Waals surface area (Å²) >= 11 is 12.0. The Balaban J connectivity index is 2.37. The molecule has 2 rings (SSSR count). The van der Waals surface area contributed by atoms with E-state index in [4.69, 9.17) is 23.2 Å². The monoisotopic (exact) mass is 349 g/mol. The maximum absolute atomic E-state index is 12.5. The van der Waals surface area contributed by atoms with Gasteiger partial charge in [0.25, 0.3) is 0 Å². The molecule has 0 bridgehead atoms. The van der Waals surface area contributed by atoms with Gasteiger partial charge in [-0.15, -0.1) is 0 Å². The molecule has 0 aliphatic rings. The number of amides is 1. The van der Waals surface area contributed by atoms with Gasteiger partial charge < -0.3 is 4.90 Å². The van der Waals surface area contributed by atoms with E-state index in [0.29, 0.717) is 21.3 Å². The second-order valence-corrected chi connectivity index (χ2v) is 6.22. The van der Waals surface area contributed by atoms with Crippen LogP contribution < -0.4 is 4.90 Å². The van der Waals surface area contributed by atoms with Gasteiger partial charge in [0.1, 0.15) is 0 Å². The van der Waals surface area contributed by atoms with Crippen LogP contribution in [0.2, 0.25) is 10.0 Å². The Kier molecular flexibility index (Phi) is 5.45. The topological polar surface area (TPSA) is 37.4 Å². The van der Waals surface area contributed by atoms with Crippen molar-refractivity contribution in [2.24, 2.45) is 0 Å². The Hall–Kier alpha value is -1.84. The van der Waals surface area contributed by atoms with Gasteiger partial charge in [0.2, 0.25) is 5.91 Å². The van der Waals surface area contributed by atoms with Crippen LogP contribution in [0.4, 0.5) is 5.69 Å². The second-order valence-electron chi connectivity index (χ2n) is 5.37. The van der Waals surface area contributed by atoms with Crippen molar-refractivity contribution in [3.63, 3.8) is 0 Å². The van der Waals surface area contributed by atoms with Crippen LogP contribution in [0.1, 0.15) is 28.4 Å². The van der Waals surface area contributed by atoms with Gasteiger partial charge in [-0.25, -0.2) is 0 Å². The van der Waals surface area contributed by atoms with Crippen LogP contribution in [-0.4, -0.2) is 18.2 Å². The molecule has 0 heterocycles. The zero-order chi connectivity index (χ0) is 17.1. The Morgan fingerprint density at radius 1 is 1.00 bits per heavy atom. The number of benzene rings is 2. The van der Waals surface area contributed by atoms with Gasteiger partial charge in [0.15, 0.2) is 5.78 Å². The molecule has 3 nitrogen and oxygen atoms in total. The highest BCUT2D eigenvalue weighted by molar-refractivity contribution is 6.32. The number of halogens is 2. The molecule has 2 aromatic carbocycles. The van der Waals surface area contributed by atoms with Gasteiger partial charge in [-0.2, -0.15) is 0 Å². The van der Waals surface area contributed by atoms with Crippen LogP contribution in [0.5, 0.6) is 0 Å². The summed E-state index contributed by atoms with van der Waals surface area (Å²) in [4.78, 5) is 26.0. The van der Waals surface area contributed by atoms with Gasteiger partial charge in [-0.3, -0.25) is 9.59 Å². The molecule has 5 heteroatoms. The summed E-state index contributed by atoms with van der Waals surface area (Å²) in [7, 11) is 0. The number of rotatable bonds is 4. The summed E-state index contributed by atoms with van der Waals surface area (Å²) in [6.07, 6.45) is 0. The lowest BCUT2D eigenvalue weighted by atomic mass is 10.1. The quantitative estimate of drug-likeness (QED) is 0.740. The third kappa shape index (κ3) is 3.92. The average molecular weight is 350 g/mol. The summed E-state index contributed by atoms with van der Waals surface area (Å²) in [6.45, 7) is 5.13.